The van der Waals surface area contributed by atoms with E-state index in [9.17, 15) is 18.7 Å². The number of hydrogen-bond donors (Lipinski definition) is 1. The summed E-state index contributed by atoms with van der Waals surface area (Å²) in [7, 11) is 0. The number of aromatic nitrogens is 5. The van der Waals surface area contributed by atoms with E-state index in [4.69, 9.17) is 19.1 Å². The van der Waals surface area contributed by atoms with E-state index in [1.165, 1.54) is 38.4 Å². The highest BCUT2D eigenvalue weighted by Gasteiger charge is 2.26. The quantitative estimate of drug-likeness (QED) is 0.368. The van der Waals surface area contributed by atoms with Crippen LogP contribution >= 0.6 is 11.6 Å². The molecule has 4 aromatic rings. The Morgan fingerprint density at radius 3 is 2.74 bits per heavy atom. The van der Waals surface area contributed by atoms with Crippen LogP contribution in [0.15, 0.2) is 47.7 Å². The zero-order valence-electron chi connectivity index (χ0n) is 22.8. The predicted molar refractivity (Wildman–Crippen MR) is 138 cm³/mol. The Balaban J connectivity index is 1.67. The molecule has 0 aromatic carbocycles. The van der Waals surface area contributed by atoms with Crippen LogP contribution < -0.4 is 10.3 Å². The average Bonchev–Trinajstić information content (AvgIpc) is 3.40. The Labute approximate surface area is 228 Å². The van der Waals surface area contributed by atoms with Gasteiger partial charge in [0.05, 0.1) is 20.3 Å². The van der Waals surface area contributed by atoms with Crippen molar-refractivity contribution in [1.82, 2.24) is 24.3 Å². The highest BCUT2D eigenvalue weighted by Crippen LogP contribution is 2.31. The molecule has 0 fully saturated rings. The standard InChI is InChI=1S/C27H23ClF3N5O3/c1-27(2,38)21-8-9-35(34-21)25-23(31)24-15(12-33-25)6-4-3-5-7-17-11-20(22(28)26(37)36(17)24)39-14-19-18(30)10-16(29)13-32-19/h4,6,8-13,38H,3,5,7,14H2,1-2H3/b6-4+/i14D2. The molecule has 1 aliphatic heterocycles. The fraction of sp³-hybridized carbons (Fsp3) is 0.259. The van der Waals surface area contributed by atoms with Crippen molar-refractivity contribution in [2.75, 3.05) is 0 Å². The van der Waals surface area contributed by atoms with E-state index in [1.807, 2.05) is 0 Å². The molecule has 8 nitrogen and oxygen atoms in total. The number of aliphatic hydroxyl groups is 1. The fourth-order valence-corrected chi connectivity index (χ4v) is 4.26. The summed E-state index contributed by atoms with van der Waals surface area (Å²) in [6.45, 7) is 0.114. The van der Waals surface area contributed by atoms with E-state index >= 15 is 4.39 Å². The van der Waals surface area contributed by atoms with Crippen LogP contribution in [0.3, 0.4) is 0 Å². The Kier molecular flexibility index (Phi) is 6.37. The number of halogens is 4. The van der Waals surface area contributed by atoms with Gasteiger partial charge in [0.25, 0.3) is 5.56 Å². The van der Waals surface area contributed by atoms with Crippen LogP contribution in [-0.2, 0) is 18.6 Å². The summed E-state index contributed by atoms with van der Waals surface area (Å²) >= 11 is 6.35. The number of pyridine rings is 3. The van der Waals surface area contributed by atoms with E-state index in [0.717, 1.165) is 9.25 Å². The summed E-state index contributed by atoms with van der Waals surface area (Å²) in [5, 5.41) is 13.9. The minimum absolute atomic E-state index is 0.170. The van der Waals surface area contributed by atoms with E-state index in [-0.39, 0.29) is 34.9 Å². The molecule has 5 rings (SSSR count). The number of ether oxygens (including phenoxy) is 1. The van der Waals surface area contributed by atoms with Crippen LogP contribution in [0, 0.1) is 17.5 Å². The van der Waals surface area contributed by atoms with Crippen LogP contribution in [0.5, 0.6) is 5.75 Å². The number of hydrogen-bond acceptors (Lipinski definition) is 6. The summed E-state index contributed by atoms with van der Waals surface area (Å²) in [5.74, 6) is -3.87. The highest BCUT2D eigenvalue weighted by molar-refractivity contribution is 6.31. The first kappa shape index (κ1) is 24.1. The highest BCUT2D eigenvalue weighted by atomic mass is 35.5. The van der Waals surface area contributed by atoms with Gasteiger partial charge in [0.2, 0.25) is 0 Å². The summed E-state index contributed by atoms with van der Waals surface area (Å²) in [4.78, 5) is 21.3. The van der Waals surface area contributed by atoms with Crippen molar-refractivity contribution in [3.05, 3.63) is 98.3 Å². The Morgan fingerprint density at radius 1 is 1.23 bits per heavy atom. The molecule has 0 atom stereocenters. The number of nitrogens with zero attached hydrogens (tertiary/aromatic N) is 5. The van der Waals surface area contributed by atoms with Gasteiger partial charge in [-0.1, -0.05) is 23.8 Å². The minimum Gasteiger partial charge on any atom is -0.485 e. The SMILES string of the molecule is [2H]C([2H])(Oc1cc2n(c(=O)c1Cl)-c1c(cnc(-n3ccc(C(C)(C)O)n3)c1F)/C=C/CCC2)c1ncc(F)cc1F. The molecule has 0 aliphatic carbocycles. The monoisotopic (exact) mass is 559 g/mol. The molecular formula is C27H23ClF3N5O3. The Hall–Kier alpha value is -3.96. The zero-order valence-corrected chi connectivity index (χ0v) is 21.5. The smallest absolute Gasteiger partial charge is 0.278 e. The van der Waals surface area contributed by atoms with Gasteiger partial charge in [-0.15, -0.1) is 0 Å². The van der Waals surface area contributed by atoms with Crippen molar-refractivity contribution >= 4 is 17.7 Å². The fourth-order valence-electron chi connectivity index (χ4n) is 4.08. The van der Waals surface area contributed by atoms with Crippen molar-refractivity contribution < 1.29 is 25.8 Å². The number of rotatable bonds is 5. The van der Waals surface area contributed by atoms with Crippen molar-refractivity contribution in [3.63, 3.8) is 0 Å². The van der Waals surface area contributed by atoms with E-state index < -0.39 is 51.6 Å². The van der Waals surface area contributed by atoms with Crippen LogP contribution in [0.4, 0.5) is 13.2 Å². The van der Waals surface area contributed by atoms with Crippen LogP contribution in [-0.4, -0.2) is 29.4 Å². The van der Waals surface area contributed by atoms with Crippen molar-refractivity contribution in [2.24, 2.45) is 0 Å². The molecule has 0 amide bonds. The first-order valence-corrected chi connectivity index (χ1v) is 12.2. The molecule has 4 aromatic heterocycles. The summed E-state index contributed by atoms with van der Waals surface area (Å²) in [6, 6.07) is 3.24. The van der Waals surface area contributed by atoms with Gasteiger partial charge in [-0.25, -0.2) is 22.8 Å². The first-order chi connectivity index (χ1) is 19.3. The van der Waals surface area contributed by atoms with Crippen LogP contribution in [0.25, 0.3) is 17.6 Å². The molecule has 39 heavy (non-hydrogen) atoms. The molecular weight excluding hydrogens is 535 g/mol. The second-order valence-electron chi connectivity index (χ2n) is 9.34. The third kappa shape index (κ3) is 5.19. The van der Waals surface area contributed by atoms with Gasteiger partial charge in [-0.05, 0) is 39.2 Å². The van der Waals surface area contributed by atoms with Gasteiger partial charge in [0, 0.05) is 35.8 Å². The number of aryl methyl sites for hydroxylation is 1. The lowest BCUT2D eigenvalue weighted by Gasteiger charge is -2.19. The molecule has 0 unspecified atom stereocenters. The number of fused-ring (bicyclic) bond motifs is 3. The molecule has 12 heteroatoms. The molecule has 202 valence electrons. The molecule has 0 saturated carbocycles. The molecule has 0 bridgehead atoms. The summed E-state index contributed by atoms with van der Waals surface area (Å²) < 4.78 is 67.8. The van der Waals surface area contributed by atoms with Gasteiger partial charge in [-0.2, -0.15) is 5.10 Å². The maximum absolute atomic E-state index is 16.3. The molecule has 0 saturated heterocycles. The zero-order chi connectivity index (χ0) is 29.7. The first-order valence-electron chi connectivity index (χ1n) is 12.9. The maximum atomic E-state index is 16.3. The van der Waals surface area contributed by atoms with Crippen molar-refractivity contribution in [2.45, 2.75) is 45.3 Å². The second-order valence-corrected chi connectivity index (χ2v) is 9.72. The minimum atomic E-state index is -2.94. The molecule has 1 N–H and O–H groups in total. The van der Waals surface area contributed by atoms with Gasteiger partial charge < -0.3 is 9.84 Å². The normalized spacial score (nSPS) is 15.3. The maximum Gasteiger partial charge on any atom is 0.278 e. The second kappa shape index (κ2) is 10.3. The predicted octanol–water partition coefficient (Wildman–Crippen LogP) is 5.04. The van der Waals surface area contributed by atoms with Gasteiger partial charge in [0.15, 0.2) is 17.5 Å². The van der Waals surface area contributed by atoms with Gasteiger partial charge in [0.1, 0.15) is 34.4 Å². The van der Waals surface area contributed by atoms with Gasteiger partial charge >= 0.3 is 0 Å². The molecule has 0 radical (unpaired) electrons. The lowest BCUT2D eigenvalue weighted by Crippen LogP contribution is -2.26. The third-order valence-corrected chi connectivity index (χ3v) is 6.37. The van der Waals surface area contributed by atoms with Gasteiger partial charge in [-0.3, -0.25) is 14.3 Å². The lowest BCUT2D eigenvalue weighted by atomic mass is 10.1. The van der Waals surface area contributed by atoms with E-state index in [1.54, 1.807) is 12.2 Å². The Bertz CT molecular complexity index is 1750. The van der Waals surface area contributed by atoms with Crippen molar-refractivity contribution in [3.8, 4) is 17.3 Å². The number of allylic oxidation sites excluding steroid dienone is 1. The summed E-state index contributed by atoms with van der Waals surface area (Å²) in [5.41, 5.74) is -2.47. The van der Waals surface area contributed by atoms with E-state index in [0.29, 0.717) is 25.1 Å². The average molecular weight is 560 g/mol. The molecule has 5 heterocycles. The third-order valence-electron chi connectivity index (χ3n) is 6.02. The van der Waals surface area contributed by atoms with Crippen LogP contribution in [0.2, 0.25) is 5.02 Å². The Morgan fingerprint density at radius 2 is 2.03 bits per heavy atom. The topological polar surface area (TPSA) is 95.1 Å². The summed E-state index contributed by atoms with van der Waals surface area (Å²) in [6.07, 6.45) is 8.19. The lowest BCUT2D eigenvalue weighted by molar-refractivity contribution is 0.0734. The van der Waals surface area contributed by atoms with Crippen molar-refractivity contribution in [1.29, 1.82) is 0 Å². The largest absolute Gasteiger partial charge is 0.485 e. The van der Waals surface area contributed by atoms with E-state index in [2.05, 4.69) is 15.1 Å². The molecule has 1 aliphatic rings. The van der Waals surface area contributed by atoms with Crippen LogP contribution in [0.1, 0.15) is 52.1 Å². The molecule has 0 spiro atoms.